The van der Waals surface area contributed by atoms with E-state index < -0.39 is 0 Å². The summed E-state index contributed by atoms with van der Waals surface area (Å²) < 4.78 is 1.67. The number of nitrogens with zero attached hydrogens (tertiary/aromatic N) is 3. The van der Waals surface area contributed by atoms with Crippen LogP contribution in [0.25, 0.3) is 0 Å². The smallest absolute Gasteiger partial charge is 0.239 e. The molecule has 14 heavy (non-hydrogen) atoms. The molecule has 0 saturated heterocycles. The lowest BCUT2D eigenvalue weighted by atomic mass is 10.3. The number of carbonyl (C=O) groups is 1. The van der Waals surface area contributed by atoms with E-state index in [-0.39, 0.29) is 11.2 Å². The second-order valence-corrected chi connectivity index (χ2v) is 3.93. The van der Waals surface area contributed by atoms with Crippen molar-refractivity contribution in [2.75, 3.05) is 11.6 Å². The van der Waals surface area contributed by atoms with E-state index in [4.69, 9.17) is 0 Å². The number of rotatable bonds is 4. The average molecular weight is 214 g/mol. The van der Waals surface area contributed by atoms with Gasteiger partial charge in [-0.3, -0.25) is 10.1 Å². The van der Waals surface area contributed by atoms with Crippen LogP contribution in [0, 0.1) is 0 Å². The zero-order valence-corrected chi connectivity index (χ0v) is 9.34. The maximum atomic E-state index is 11.6. The molecule has 0 aliphatic rings. The molecule has 1 rings (SSSR count). The summed E-state index contributed by atoms with van der Waals surface area (Å²) in [5.74, 6) is 0.471. The van der Waals surface area contributed by atoms with Gasteiger partial charge in [-0.15, -0.1) is 10.2 Å². The maximum absolute atomic E-state index is 11.6. The first-order valence-corrected chi connectivity index (χ1v) is 5.65. The van der Waals surface area contributed by atoms with Crippen molar-refractivity contribution in [1.29, 1.82) is 0 Å². The Kier molecular flexibility index (Phi) is 3.94. The Balaban J connectivity index is 2.61. The van der Waals surface area contributed by atoms with Crippen LogP contribution in [-0.2, 0) is 11.8 Å². The Hall–Kier alpha value is -1.04. The van der Waals surface area contributed by atoms with Gasteiger partial charge in [0.05, 0.1) is 5.25 Å². The van der Waals surface area contributed by atoms with Crippen LogP contribution >= 0.6 is 11.8 Å². The molecule has 0 radical (unpaired) electrons. The van der Waals surface area contributed by atoms with Crippen molar-refractivity contribution in [3.63, 3.8) is 0 Å². The number of amides is 1. The van der Waals surface area contributed by atoms with Gasteiger partial charge in [0, 0.05) is 7.05 Å². The second kappa shape index (κ2) is 4.99. The van der Waals surface area contributed by atoms with Gasteiger partial charge < -0.3 is 4.57 Å². The number of anilines is 1. The van der Waals surface area contributed by atoms with E-state index in [1.54, 1.807) is 17.9 Å². The van der Waals surface area contributed by atoms with Crippen molar-refractivity contribution in [1.82, 2.24) is 14.8 Å². The van der Waals surface area contributed by atoms with E-state index in [9.17, 15) is 4.79 Å². The number of nitrogens with one attached hydrogen (secondary N) is 1. The third-order valence-corrected chi connectivity index (χ3v) is 3.01. The van der Waals surface area contributed by atoms with E-state index in [0.29, 0.717) is 5.95 Å². The van der Waals surface area contributed by atoms with E-state index >= 15 is 0 Å². The monoisotopic (exact) mass is 214 g/mol. The summed E-state index contributed by atoms with van der Waals surface area (Å²) in [5, 5.41) is 10.2. The highest BCUT2D eigenvalue weighted by molar-refractivity contribution is 7.99. The van der Waals surface area contributed by atoms with Gasteiger partial charge in [0.1, 0.15) is 6.33 Å². The van der Waals surface area contributed by atoms with Crippen molar-refractivity contribution < 1.29 is 4.79 Å². The first-order valence-electron chi connectivity index (χ1n) is 4.36. The van der Waals surface area contributed by atoms with E-state index in [2.05, 4.69) is 15.5 Å². The Morgan fingerprint density at radius 3 is 2.93 bits per heavy atom. The summed E-state index contributed by atoms with van der Waals surface area (Å²) >= 11 is 1.54. The lowest BCUT2D eigenvalue weighted by Crippen LogP contribution is -2.25. The minimum absolute atomic E-state index is 0.0175. The standard InChI is InChI=1S/C8H14N4OS/c1-4-6(14-3)7(13)10-8-11-9-5-12(8)2/h5-6H,4H2,1-3H3,(H,10,11,13)/t6-/m1/s1. The number of hydrogen-bond donors (Lipinski definition) is 1. The Labute approximate surface area is 87.3 Å². The molecule has 0 aromatic carbocycles. The molecular weight excluding hydrogens is 200 g/mol. The van der Waals surface area contributed by atoms with Crippen molar-refractivity contribution in [3.8, 4) is 0 Å². The van der Waals surface area contributed by atoms with Crippen molar-refractivity contribution in [2.45, 2.75) is 18.6 Å². The largest absolute Gasteiger partial charge is 0.303 e. The number of hydrogen-bond acceptors (Lipinski definition) is 4. The van der Waals surface area contributed by atoms with Gasteiger partial charge in [0.2, 0.25) is 11.9 Å². The first kappa shape index (κ1) is 11.0. The normalized spacial score (nSPS) is 12.5. The van der Waals surface area contributed by atoms with Crippen LogP contribution < -0.4 is 5.32 Å². The molecule has 1 heterocycles. The number of carbonyl (C=O) groups excluding carboxylic acids is 1. The molecular formula is C8H14N4OS. The molecule has 0 bridgehead atoms. The topological polar surface area (TPSA) is 59.8 Å². The van der Waals surface area contributed by atoms with Crippen LogP contribution in [0.3, 0.4) is 0 Å². The molecule has 1 aromatic rings. The van der Waals surface area contributed by atoms with E-state index in [1.807, 2.05) is 13.2 Å². The van der Waals surface area contributed by atoms with Crippen LogP contribution in [0.5, 0.6) is 0 Å². The third-order valence-electron chi connectivity index (χ3n) is 1.89. The summed E-state index contributed by atoms with van der Waals surface area (Å²) in [6.45, 7) is 1.98. The number of aryl methyl sites for hydroxylation is 1. The minimum Gasteiger partial charge on any atom is -0.303 e. The summed E-state index contributed by atoms with van der Waals surface area (Å²) in [7, 11) is 1.79. The molecule has 78 valence electrons. The van der Waals surface area contributed by atoms with E-state index in [0.717, 1.165) is 6.42 Å². The van der Waals surface area contributed by atoms with Gasteiger partial charge in [-0.25, -0.2) is 0 Å². The predicted octanol–water partition coefficient (Wildman–Crippen LogP) is 0.895. The van der Waals surface area contributed by atoms with Crippen LogP contribution in [-0.4, -0.2) is 32.2 Å². The molecule has 0 fully saturated rings. The quantitative estimate of drug-likeness (QED) is 0.808. The molecule has 0 saturated carbocycles. The van der Waals surface area contributed by atoms with Gasteiger partial charge in [-0.1, -0.05) is 6.92 Å². The van der Waals surface area contributed by atoms with Gasteiger partial charge in [-0.2, -0.15) is 11.8 Å². The van der Waals surface area contributed by atoms with Crippen LogP contribution in [0.15, 0.2) is 6.33 Å². The molecule has 6 heteroatoms. The molecule has 0 aliphatic heterocycles. The van der Waals surface area contributed by atoms with Gasteiger partial charge in [0.15, 0.2) is 0 Å². The van der Waals surface area contributed by atoms with Crippen LogP contribution in [0.1, 0.15) is 13.3 Å². The van der Waals surface area contributed by atoms with Crippen LogP contribution in [0.2, 0.25) is 0 Å². The summed E-state index contributed by atoms with van der Waals surface area (Å²) in [6, 6.07) is 0. The first-order chi connectivity index (χ1) is 6.69. The van der Waals surface area contributed by atoms with Crippen LogP contribution in [0.4, 0.5) is 5.95 Å². The summed E-state index contributed by atoms with van der Waals surface area (Å²) in [6.07, 6.45) is 4.28. The highest BCUT2D eigenvalue weighted by atomic mass is 32.2. The Morgan fingerprint density at radius 1 is 1.79 bits per heavy atom. The SMILES string of the molecule is CC[C@@H](SC)C(=O)Nc1nncn1C. The predicted molar refractivity (Wildman–Crippen MR) is 57.2 cm³/mol. The molecule has 0 unspecified atom stereocenters. The third kappa shape index (κ3) is 2.47. The van der Waals surface area contributed by atoms with E-state index in [1.165, 1.54) is 11.8 Å². The zero-order chi connectivity index (χ0) is 10.6. The van der Waals surface area contributed by atoms with Crippen molar-refractivity contribution in [3.05, 3.63) is 6.33 Å². The average Bonchev–Trinajstić information content (AvgIpc) is 2.54. The molecule has 5 nitrogen and oxygen atoms in total. The zero-order valence-electron chi connectivity index (χ0n) is 8.52. The fourth-order valence-electron chi connectivity index (χ4n) is 1.05. The number of thioether (sulfide) groups is 1. The fourth-order valence-corrected chi connectivity index (χ4v) is 1.65. The molecule has 1 amide bonds. The summed E-state index contributed by atoms with van der Waals surface area (Å²) in [4.78, 5) is 11.6. The molecule has 1 N–H and O–H groups in total. The number of aromatic nitrogens is 3. The highest BCUT2D eigenvalue weighted by Crippen LogP contribution is 2.12. The fraction of sp³-hybridized carbons (Fsp3) is 0.625. The van der Waals surface area contributed by atoms with Crippen molar-refractivity contribution in [2.24, 2.45) is 7.05 Å². The Bertz CT molecular complexity index is 308. The Morgan fingerprint density at radius 2 is 2.50 bits per heavy atom. The highest BCUT2D eigenvalue weighted by Gasteiger charge is 2.16. The van der Waals surface area contributed by atoms with Gasteiger partial charge in [0.25, 0.3) is 0 Å². The van der Waals surface area contributed by atoms with Gasteiger partial charge in [-0.05, 0) is 12.7 Å². The lowest BCUT2D eigenvalue weighted by molar-refractivity contribution is -0.115. The minimum atomic E-state index is -0.0216. The van der Waals surface area contributed by atoms with Crippen molar-refractivity contribution >= 4 is 23.6 Å². The molecule has 0 spiro atoms. The molecule has 1 aromatic heterocycles. The lowest BCUT2D eigenvalue weighted by Gasteiger charge is -2.10. The van der Waals surface area contributed by atoms with Gasteiger partial charge >= 0.3 is 0 Å². The second-order valence-electron chi connectivity index (χ2n) is 2.89. The summed E-state index contributed by atoms with van der Waals surface area (Å²) in [5.41, 5.74) is 0. The maximum Gasteiger partial charge on any atom is 0.239 e. The molecule has 1 atom stereocenters. The molecule has 0 aliphatic carbocycles.